The molecule has 2 heterocycles. The summed E-state index contributed by atoms with van der Waals surface area (Å²) in [6, 6.07) is 7.27. The summed E-state index contributed by atoms with van der Waals surface area (Å²) >= 11 is 6.17. The molecule has 0 spiro atoms. The van der Waals surface area contributed by atoms with Crippen LogP contribution in [0.4, 0.5) is 11.5 Å². The number of anilines is 2. The molecule has 0 radical (unpaired) electrons. The van der Waals surface area contributed by atoms with Crippen molar-refractivity contribution in [2.45, 2.75) is 13.8 Å². The van der Waals surface area contributed by atoms with Crippen molar-refractivity contribution in [2.24, 2.45) is 0 Å². The van der Waals surface area contributed by atoms with Crippen molar-refractivity contribution < 1.29 is 9.53 Å². The van der Waals surface area contributed by atoms with Gasteiger partial charge >= 0.3 is 0 Å². The number of benzene rings is 1. The smallest absolute Gasteiger partial charge is 0.270 e. The van der Waals surface area contributed by atoms with E-state index in [9.17, 15) is 4.79 Å². The van der Waals surface area contributed by atoms with Gasteiger partial charge in [-0.3, -0.25) is 9.69 Å². The normalized spacial score (nSPS) is 14.8. The van der Waals surface area contributed by atoms with E-state index in [1.54, 1.807) is 13.0 Å². The first kappa shape index (κ1) is 19.5. The summed E-state index contributed by atoms with van der Waals surface area (Å²) in [4.78, 5) is 23.4. The highest BCUT2D eigenvalue weighted by molar-refractivity contribution is 6.31. The maximum atomic E-state index is 12.5. The number of aryl methyl sites for hydroxylation is 1. The molecule has 0 unspecified atom stereocenters. The van der Waals surface area contributed by atoms with Crippen molar-refractivity contribution in [3.8, 4) is 0 Å². The summed E-state index contributed by atoms with van der Waals surface area (Å²) < 4.78 is 5.33. The highest BCUT2D eigenvalue weighted by Gasteiger charge is 2.13. The molecule has 1 aromatic carbocycles. The molecule has 3 rings (SSSR count). The van der Waals surface area contributed by atoms with Gasteiger partial charge in [0, 0.05) is 43.0 Å². The van der Waals surface area contributed by atoms with Crippen LogP contribution in [0.1, 0.15) is 21.9 Å². The van der Waals surface area contributed by atoms with Crippen LogP contribution in [0.2, 0.25) is 5.02 Å². The third kappa shape index (κ3) is 5.38. The highest BCUT2D eigenvalue weighted by Crippen LogP contribution is 2.25. The van der Waals surface area contributed by atoms with Gasteiger partial charge in [0.25, 0.3) is 5.91 Å². The lowest BCUT2D eigenvalue weighted by atomic mass is 10.2. The Morgan fingerprint density at radius 1 is 1.26 bits per heavy atom. The summed E-state index contributed by atoms with van der Waals surface area (Å²) in [6.07, 6.45) is 0. The van der Waals surface area contributed by atoms with Gasteiger partial charge in [-0.1, -0.05) is 17.7 Å². The monoisotopic (exact) mass is 389 g/mol. The average molecular weight is 390 g/mol. The average Bonchev–Trinajstić information content (AvgIpc) is 2.66. The van der Waals surface area contributed by atoms with E-state index in [0.29, 0.717) is 28.9 Å². The highest BCUT2D eigenvalue weighted by atomic mass is 35.5. The van der Waals surface area contributed by atoms with Crippen molar-refractivity contribution >= 4 is 29.0 Å². The lowest BCUT2D eigenvalue weighted by Gasteiger charge is -2.26. The van der Waals surface area contributed by atoms with Crippen LogP contribution in [0.25, 0.3) is 0 Å². The molecular weight excluding hydrogens is 366 g/mol. The van der Waals surface area contributed by atoms with Gasteiger partial charge < -0.3 is 15.4 Å². The third-order valence-electron chi connectivity index (χ3n) is 4.42. The zero-order valence-corrected chi connectivity index (χ0v) is 16.3. The van der Waals surface area contributed by atoms with E-state index < -0.39 is 0 Å². The Morgan fingerprint density at radius 2 is 2.04 bits per heavy atom. The molecule has 1 amide bonds. The second kappa shape index (κ2) is 9.12. The molecule has 0 saturated carbocycles. The van der Waals surface area contributed by atoms with Crippen LogP contribution < -0.4 is 10.6 Å². The van der Waals surface area contributed by atoms with E-state index in [1.165, 1.54) is 0 Å². The third-order valence-corrected chi connectivity index (χ3v) is 4.83. The maximum absolute atomic E-state index is 12.5. The molecule has 0 atom stereocenters. The van der Waals surface area contributed by atoms with Gasteiger partial charge in [0.05, 0.1) is 13.2 Å². The largest absolute Gasteiger partial charge is 0.379 e. The molecule has 1 saturated heterocycles. The fraction of sp³-hybridized carbons (Fsp3) is 0.421. The number of ether oxygens (including phenoxy) is 1. The van der Waals surface area contributed by atoms with Gasteiger partial charge in [0.1, 0.15) is 17.3 Å². The van der Waals surface area contributed by atoms with Crippen LogP contribution in [0.5, 0.6) is 0 Å². The Bertz CT molecular complexity index is 809. The molecule has 0 bridgehead atoms. The first-order valence-electron chi connectivity index (χ1n) is 8.99. The number of aromatic nitrogens is 2. The van der Waals surface area contributed by atoms with Gasteiger partial charge in [0.15, 0.2) is 0 Å². The van der Waals surface area contributed by atoms with E-state index in [2.05, 4.69) is 25.5 Å². The lowest BCUT2D eigenvalue weighted by Crippen LogP contribution is -2.41. The Kier molecular flexibility index (Phi) is 6.60. The fourth-order valence-electron chi connectivity index (χ4n) is 2.87. The molecule has 7 nitrogen and oxygen atoms in total. The molecule has 27 heavy (non-hydrogen) atoms. The van der Waals surface area contributed by atoms with Crippen LogP contribution in [0.15, 0.2) is 24.3 Å². The van der Waals surface area contributed by atoms with Gasteiger partial charge in [-0.2, -0.15) is 0 Å². The Morgan fingerprint density at radius 3 is 2.81 bits per heavy atom. The predicted octanol–water partition coefficient (Wildman–Crippen LogP) is 2.55. The minimum absolute atomic E-state index is 0.209. The standard InChI is InChI=1S/C19H24ClN5O2/c1-13-15(20)4-3-5-16(13)24-18-12-17(22-14(2)23-18)19(26)21-6-7-25-8-10-27-11-9-25/h3-5,12H,6-11H2,1-2H3,(H,21,26)(H,22,23,24). The number of morpholine rings is 1. The van der Waals surface area contributed by atoms with Gasteiger partial charge in [-0.25, -0.2) is 9.97 Å². The van der Waals surface area contributed by atoms with E-state index in [1.807, 2.05) is 25.1 Å². The summed E-state index contributed by atoms with van der Waals surface area (Å²) in [6.45, 7) is 8.35. The van der Waals surface area contributed by atoms with Gasteiger partial charge in [-0.05, 0) is 31.5 Å². The second-order valence-electron chi connectivity index (χ2n) is 6.43. The zero-order chi connectivity index (χ0) is 19.2. The van der Waals surface area contributed by atoms with Crippen molar-refractivity contribution in [3.05, 3.63) is 46.4 Å². The summed E-state index contributed by atoms with van der Waals surface area (Å²) in [5.41, 5.74) is 2.11. The molecule has 2 N–H and O–H groups in total. The number of nitrogens with zero attached hydrogens (tertiary/aromatic N) is 3. The Balaban J connectivity index is 1.63. The van der Waals surface area contributed by atoms with Gasteiger partial charge in [-0.15, -0.1) is 0 Å². The number of hydrogen-bond donors (Lipinski definition) is 2. The molecule has 1 fully saturated rings. The Labute approximate surface area is 164 Å². The number of carbonyl (C=O) groups excluding carboxylic acids is 1. The quantitative estimate of drug-likeness (QED) is 0.790. The number of nitrogens with one attached hydrogen (secondary N) is 2. The Hall–Kier alpha value is -2.22. The van der Waals surface area contributed by atoms with E-state index >= 15 is 0 Å². The zero-order valence-electron chi connectivity index (χ0n) is 15.6. The van der Waals surface area contributed by atoms with Crippen LogP contribution in [0, 0.1) is 13.8 Å². The van der Waals surface area contributed by atoms with Crippen LogP contribution in [0.3, 0.4) is 0 Å². The molecule has 1 aliphatic rings. The van der Waals surface area contributed by atoms with E-state index in [0.717, 1.165) is 44.1 Å². The summed E-state index contributed by atoms with van der Waals surface area (Å²) in [5.74, 6) is 0.879. The number of amides is 1. The summed E-state index contributed by atoms with van der Waals surface area (Å²) in [7, 11) is 0. The predicted molar refractivity (Wildman–Crippen MR) is 106 cm³/mol. The molecule has 8 heteroatoms. The van der Waals surface area contributed by atoms with Crippen molar-refractivity contribution in [2.75, 3.05) is 44.7 Å². The number of rotatable bonds is 6. The van der Waals surface area contributed by atoms with E-state index in [-0.39, 0.29) is 5.91 Å². The van der Waals surface area contributed by atoms with Crippen LogP contribution in [-0.2, 0) is 4.74 Å². The first-order valence-corrected chi connectivity index (χ1v) is 9.37. The topological polar surface area (TPSA) is 79.4 Å². The van der Waals surface area contributed by atoms with Gasteiger partial charge in [0.2, 0.25) is 0 Å². The minimum Gasteiger partial charge on any atom is -0.379 e. The number of hydrogen-bond acceptors (Lipinski definition) is 6. The second-order valence-corrected chi connectivity index (χ2v) is 6.84. The van der Waals surface area contributed by atoms with Crippen LogP contribution in [-0.4, -0.2) is 60.2 Å². The molecule has 144 valence electrons. The van der Waals surface area contributed by atoms with E-state index in [4.69, 9.17) is 16.3 Å². The molecular formula is C19H24ClN5O2. The summed E-state index contributed by atoms with van der Waals surface area (Å²) in [5, 5.41) is 6.82. The van der Waals surface area contributed by atoms with Crippen molar-refractivity contribution in [1.29, 1.82) is 0 Å². The SMILES string of the molecule is Cc1nc(Nc2cccc(Cl)c2C)cc(C(=O)NCCN2CCOCC2)n1. The van der Waals surface area contributed by atoms with Crippen molar-refractivity contribution in [1.82, 2.24) is 20.2 Å². The number of halogens is 1. The van der Waals surface area contributed by atoms with Crippen LogP contribution >= 0.6 is 11.6 Å². The van der Waals surface area contributed by atoms with Crippen molar-refractivity contribution in [3.63, 3.8) is 0 Å². The lowest BCUT2D eigenvalue weighted by molar-refractivity contribution is 0.0383. The minimum atomic E-state index is -0.209. The molecule has 2 aromatic rings. The maximum Gasteiger partial charge on any atom is 0.270 e. The molecule has 1 aromatic heterocycles. The fourth-order valence-corrected chi connectivity index (χ4v) is 3.05. The molecule has 0 aliphatic carbocycles. The number of carbonyl (C=O) groups is 1. The first-order chi connectivity index (χ1) is 13.0. The molecule has 1 aliphatic heterocycles.